The Morgan fingerprint density at radius 2 is 2.16 bits per heavy atom. The molecule has 0 spiro atoms. The van der Waals surface area contributed by atoms with E-state index in [1.807, 2.05) is 0 Å². The fourth-order valence-electron chi connectivity index (χ4n) is 2.82. The zero-order chi connectivity index (χ0) is 14.3. The molecule has 0 bridgehead atoms. The molecule has 0 saturated heterocycles. The molecule has 1 N–H and O–H groups in total. The highest BCUT2D eigenvalue weighted by atomic mass is 32.2. The minimum atomic E-state index is -0.225. The monoisotopic (exact) mass is 282 g/mol. The maximum absolute atomic E-state index is 9.59. The summed E-state index contributed by atoms with van der Waals surface area (Å²) in [5.41, 5.74) is -0.225. The van der Waals surface area contributed by atoms with E-state index in [4.69, 9.17) is 0 Å². The molecule has 2 nitrogen and oxygen atoms in total. The van der Waals surface area contributed by atoms with Crippen molar-refractivity contribution in [2.24, 2.45) is 11.8 Å². The first kappa shape index (κ1) is 16.9. The van der Waals surface area contributed by atoms with Crippen molar-refractivity contribution in [2.75, 3.05) is 12.3 Å². The highest BCUT2D eigenvalue weighted by molar-refractivity contribution is 7.99. The first-order chi connectivity index (χ1) is 9.05. The Morgan fingerprint density at radius 3 is 2.74 bits per heavy atom. The van der Waals surface area contributed by atoms with Gasteiger partial charge in [-0.25, -0.2) is 0 Å². The Kier molecular flexibility index (Phi) is 7.25. The average Bonchev–Trinajstić information content (AvgIpc) is 2.79. The second kappa shape index (κ2) is 8.17. The molecule has 0 heterocycles. The van der Waals surface area contributed by atoms with Crippen molar-refractivity contribution in [3.05, 3.63) is 0 Å². The Hall–Kier alpha value is -0.200. The van der Waals surface area contributed by atoms with Crippen LogP contribution in [0.25, 0.3) is 0 Å². The first-order valence-electron chi connectivity index (χ1n) is 7.83. The molecule has 3 heteroatoms. The van der Waals surface area contributed by atoms with Gasteiger partial charge in [-0.15, -0.1) is 0 Å². The van der Waals surface area contributed by atoms with E-state index < -0.39 is 0 Å². The summed E-state index contributed by atoms with van der Waals surface area (Å²) in [4.78, 5) is 0. The van der Waals surface area contributed by atoms with Crippen LogP contribution in [0.4, 0.5) is 0 Å². The van der Waals surface area contributed by atoms with Gasteiger partial charge in [-0.2, -0.15) is 17.0 Å². The van der Waals surface area contributed by atoms with Gasteiger partial charge in [0.2, 0.25) is 0 Å². The molecule has 3 atom stereocenters. The first-order valence-corrected chi connectivity index (χ1v) is 8.88. The largest absolute Gasteiger partial charge is 0.299 e. The number of nitriles is 1. The lowest BCUT2D eigenvalue weighted by molar-refractivity contribution is 0.311. The molecule has 1 aliphatic rings. The SMILES string of the molecule is CCCNC1(C#N)CCCC1CCSC(C)C(C)C. The van der Waals surface area contributed by atoms with E-state index in [2.05, 4.69) is 50.8 Å². The lowest BCUT2D eigenvalue weighted by Gasteiger charge is -2.30. The van der Waals surface area contributed by atoms with E-state index in [-0.39, 0.29) is 5.54 Å². The summed E-state index contributed by atoms with van der Waals surface area (Å²) >= 11 is 2.07. The van der Waals surface area contributed by atoms with Gasteiger partial charge in [0.15, 0.2) is 0 Å². The second-order valence-electron chi connectivity index (χ2n) is 6.21. The van der Waals surface area contributed by atoms with Crippen molar-refractivity contribution in [1.29, 1.82) is 5.26 Å². The summed E-state index contributed by atoms with van der Waals surface area (Å²) in [6, 6.07) is 2.60. The number of nitrogens with zero attached hydrogens (tertiary/aromatic N) is 1. The molecule has 1 fully saturated rings. The van der Waals surface area contributed by atoms with Crippen LogP contribution < -0.4 is 5.32 Å². The molecule has 0 aromatic carbocycles. The highest BCUT2D eigenvalue weighted by Gasteiger charge is 2.42. The molecule has 0 radical (unpaired) electrons. The predicted octanol–water partition coefficient (Wildman–Crippen LogP) is 4.22. The number of nitrogens with one attached hydrogen (secondary N) is 1. The molecule has 0 amide bonds. The molecule has 0 aromatic rings. The quantitative estimate of drug-likeness (QED) is 0.724. The molecule has 0 aromatic heterocycles. The molecular formula is C16H30N2S. The molecule has 1 rings (SSSR count). The smallest absolute Gasteiger partial charge is 0.109 e. The summed E-state index contributed by atoms with van der Waals surface area (Å²) in [7, 11) is 0. The topological polar surface area (TPSA) is 35.8 Å². The van der Waals surface area contributed by atoms with Gasteiger partial charge < -0.3 is 0 Å². The van der Waals surface area contributed by atoms with Gasteiger partial charge in [0.05, 0.1) is 6.07 Å². The van der Waals surface area contributed by atoms with E-state index in [0.29, 0.717) is 5.92 Å². The van der Waals surface area contributed by atoms with Gasteiger partial charge in [-0.3, -0.25) is 5.32 Å². The van der Waals surface area contributed by atoms with E-state index in [9.17, 15) is 5.26 Å². The van der Waals surface area contributed by atoms with Gasteiger partial charge in [0.1, 0.15) is 5.54 Å². The number of hydrogen-bond donors (Lipinski definition) is 1. The summed E-state index contributed by atoms with van der Waals surface area (Å²) in [5.74, 6) is 2.49. The molecule has 1 saturated carbocycles. The van der Waals surface area contributed by atoms with Gasteiger partial charge in [0.25, 0.3) is 0 Å². The van der Waals surface area contributed by atoms with E-state index >= 15 is 0 Å². The summed E-state index contributed by atoms with van der Waals surface area (Å²) in [6.45, 7) is 10.0. The molecule has 3 unspecified atom stereocenters. The molecule has 1 aliphatic carbocycles. The lowest BCUT2D eigenvalue weighted by Crippen LogP contribution is -2.47. The van der Waals surface area contributed by atoms with Crippen LogP contribution in [0.1, 0.15) is 59.8 Å². The maximum Gasteiger partial charge on any atom is 0.109 e. The maximum atomic E-state index is 9.59. The van der Waals surface area contributed by atoms with E-state index in [1.165, 1.54) is 25.0 Å². The zero-order valence-corrected chi connectivity index (χ0v) is 13.9. The third-order valence-corrected chi connectivity index (χ3v) is 6.04. The molecular weight excluding hydrogens is 252 g/mol. The van der Waals surface area contributed by atoms with Crippen LogP contribution in [0.15, 0.2) is 0 Å². The molecule has 110 valence electrons. The third kappa shape index (κ3) is 4.68. The van der Waals surface area contributed by atoms with Crippen molar-refractivity contribution < 1.29 is 0 Å². The number of rotatable bonds is 8. The van der Waals surface area contributed by atoms with Crippen LogP contribution in [0.3, 0.4) is 0 Å². The van der Waals surface area contributed by atoms with Crippen LogP contribution in [0, 0.1) is 23.2 Å². The minimum Gasteiger partial charge on any atom is -0.299 e. The van der Waals surface area contributed by atoms with Gasteiger partial charge in [0, 0.05) is 5.25 Å². The van der Waals surface area contributed by atoms with Crippen molar-refractivity contribution in [2.45, 2.75) is 70.6 Å². The number of hydrogen-bond acceptors (Lipinski definition) is 3. The van der Waals surface area contributed by atoms with Crippen molar-refractivity contribution in [3.63, 3.8) is 0 Å². The van der Waals surface area contributed by atoms with E-state index in [0.717, 1.165) is 30.6 Å². The summed E-state index contributed by atoms with van der Waals surface area (Å²) in [6.07, 6.45) is 5.76. The van der Waals surface area contributed by atoms with Crippen molar-refractivity contribution >= 4 is 11.8 Å². The standard InChI is InChI=1S/C16H30N2S/c1-5-10-18-16(12-17)9-6-7-15(16)8-11-19-14(4)13(2)3/h13-15,18H,5-11H2,1-4H3. The Balaban J connectivity index is 2.45. The minimum absolute atomic E-state index is 0.225. The van der Waals surface area contributed by atoms with Crippen LogP contribution in [0.2, 0.25) is 0 Å². The second-order valence-corrected chi connectivity index (χ2v) is 7.69. The van der Waals surface area contributed by atoms with Crippen molar-refractivity contribution in [1.82, 2.24) is 5.32 Å². The predicted molar refractivity (Wildman–Crippen MR) is 85.4 cm³/mol. The Labute approximate surface area is 123 Å². The zero-order valence-electron chi connectivity index (χ0n) is 13.0. The molecule has 0 aliphatic heterocycles. The summed E-state index contributed by atoms with van der Waals surface area (Å²) < 4.78 is 0. The van der Waals surface area contributed by atoms with Gasteiger partial charge >= 0.3 is 0 Å². The van der Waals surface area contributed by atoms with Crippen molar-refractivity contribution in [3.8, 4) is 6.07 Å². The van der Waals surface area contributed by atoms with Crippen LogP contribution in [-0.4, -0.2) is 23.1 Å². The van der Waals surface area contributed by atoms with E-state index in [1.54, 1.807) is 0 Å². The third-order valence-electron chi connectivity index (χ3n) is 4.50. The fourth-order valence-corrected chi connectivity index (χ4v) is 4.00. The fraction of sp³-hybridized carbons (Fsp3) is 0.938. The lowest BCUT2D eigenvalue weighted by atomic mass is 9.86. The Bertz CT molecular complexity index is 298. The van der Waals surface area contributed by atoms with Crippen LogP contribution in [-0.2, 0) is 0 Å². The van der Waals surface area contributed by atoms with Gasteiger partial charge in [-0.05, 0) is 49.8 Å². The normalized spacial score (nSPS) is 28.5. The Morgan fingerprint density at radius 1 is 1.42 bits per heavy atom. The van der Waals surface area contributed by atoms with Crippen LogP contribution in [0.5, 0.6) is 0 Å². The van der Waals surface area contributed by atoms with Gasteiger partial charge in [-0.1, -0.05) is 34.1 Å². The average molecular weight is 282 g/mol. The number of thioether (sulfide) groups is 1. The summed E-state index contributed by atoms with van der Waals surface area (Å²) in [5, 5.41) is 13.8. The van der Waals surface area contributed by atoms with Crippen LogP contribution >= 0.6 is 11.8 Å². The highest BCUT2D eigenvalue weighted by Crippen LogP contribution is 2.38. The molecule has 19 heavy (non-hydrogen) atoms.